The van der Waals surface area contributed by atoms with Gasteiger partial charge in [0.15, 0.2) is 5.82 Å². The Hall–Kier alpha value is -3.58. The zero-order chi connectivity index (χ0) is 24.4. The van der Waals surface area contributed by atoms with E-state index in [-0.39, 0.29) is 5.91 Å². The zero-order valence-corrected chi connectivity index (χ0v) is 20.7. The van der Waals surface area contributed by atoms with Gasteiger partial charge in [0, 0.05) is 42.8 Å². The molecule has 2 aliphatic rings. The monoisotopic (exact) mass is 471 g/mol. The molecule has 0 radical (unpaired) electrons. The van der Waals surface area contributed by atoms with Crippen molar-refractivity contribution in [2.45, 2.75) is 20.3 Å². The van der Waals surface area contributed by atoms with Crippen molar-refractivity contribution in [3.63, 3.8) is 0 Å². The standard InChI is InChI=1S/C28H33N5O2/c1-19-6-4-5-7-21(19)18-35-23-9-11-26-25(17-23)27(31-30-26)29-28(34)24-10-8-22(16-20(24)2)33-14-12-32(3)13-15-33/h4-5,7-11,16-17,19H,6,12-15,18H2,1-3H3,(H2,29,30,31,34). The number of hydrogen-bond donors (Lipinski definition) is 2. The van der Waals surface area contributed by atoms with Crippen molar-refractivity contribution in [1.82, 2.24) is 15.1 Å². The SMILES string of the molecule is Cc1cc(N2CCN(C)CC2)ccc1C(=O)Nc1n[nH]c2ccc(OCC3=CC=CCC3C)cc12. The number of ether oxygens (including phenoxy) is 1. The molecule has 7 nitrogen and oxygen atoms in total. The normalized spacial score (nSPS) is 18.5. The number of hydrogen-bond acceptors (Lipinski definition) is 5. The number of piperazine rings is 1. The maximum absolute atomic E-state index is 13.1. The Morgan fingerprint density at radius 2 is 2.00 bits per heavy atom. The number of aromatic amines is 1. The van der Waals surface area contributed by atoms with Crippen LogP contribution in [0.25, 0.3) is 10.9 Å². The first-order valence-corrected chi connectivity index (χ1v) is 12.3. The van der Waals surface area contributed by atoms with Crippen molar-refractivity contribution in [3.8, 4) is 5.75 Å². The van der Waals surface area contributed by atoms with E-state index >= 15 is 0 Å². The Bertz CT molecular complexity index is 1280. The molecule has 7 heteroatoms. The predicted octanol–water partition coefficient (Wildman–Crippen LogP) is 4.78. The quantitative estimate of drug-likeness (QED) is 0.541. The number of benzene rings is 2. The van der Waals surface area contributed by atoms with Gasteiger partial charge in [-0.2, -0.15) is 5.10 Å². The van der Waals surface area contributed by atoms with Gasteiger partial charge in [-0.05, 0) is 73.8 Å². The van der Waals surface area contributed by atoms with Gasteiger partial charge in [0.1, 0.15) is 12.4 Å². The molecule has 2 heterocycles. The Kier molecular flexibility index (Phi) is 6.59. The van der Waals surface area contributed by atoms with E-state index in [4.69, 9.17) is 4.74 Å². The van der Waals surface area contributed by atoms with E-state index in [1.165, 1.54) is 5.57 Å². The molecule has 0 saturated carbocycles. The molecule has 1 aliphatic carbocycles. The van der Waals surface area contributed by atoms with Crippen LogP contribution in [0, 0.1) is 12.8 Å². The summed E-state index contributed by atoms with van der Waals surface area (Å²) in [5.41, 5.74) is 4.90. The number of rotatable bonds is 6. The van der Waals surface area contributed by atoms with E-state index in [0.717, 1.165) is 60.5 Å². The fourth-order valence-corrected chi connectivity index (χ4v) is 4.66. The zero-order valence-electron chi connectivity index (χ0n) is 20.7. The van der Waals surface area contributed by atoms with Gasteiger partial charge in [-0.3, -0.25) is 9.89 Å². The molecule has 5 rings (SSSR count). The van der Waals surface area contributed by atoms with Crippen molar-refractivity contribution in [3.05, 3.63) is 71.3 Å². The van der Waals surface area contributed by atoms with E-state index in [2.05, 4.69) is 63.6 Å². The van der Waals surface area contributed by atoms with Crippen molar-refractivity contribution in [1.29, 1.82) is 0 Å². The minimum atomic E-state index is -0.167. The fourth-order valence-electron chi connectivity index (χ4n) is 4.66. The van der Waals surface area contributed by atoms with Gasteiger partial charge in [0.25, 0.3) is 5.91 Å². The third-order valence-electron chi connectivity index (χ3n) is 7.06. The summed E-state index contributed by atoms with van der Waals surface area (Å²) in [5.74, 6) is 1.58. The molecule has 1 aliphatic heterocycles. The van der Waals surface area contributed by atoms with Gasteiger partial charge in [0.2, 0.25) is 0 Å². The van der Waals surface area contributed by atoms with Crippen LogP contribution in [0.3, 0.4) is 0 Å². The van der Waals surface area contributed by atoms with E-state index in [0.29, 0.717) is 23.9 Å². The van der Waals surface area contributed by atoms with Crippen LogP contribution in [-0.2, 0) is 0 Å². The highest BCUT2D eigenvalue weighted by atomic mass is 16.5. The smallest absolute Gasteiger partial charge is 0.257 e. The molecule has 1 amide bonds. The molecule has 1 saturated heterocycles. The molecular formula is C28H33N5O2. The lowest BCUT2D eigenvalue weighted by molar-refractivity contribution is 0.102. The number of anilines is 2. The summed E-state index contributed by atoms with van der Waals surface area (Å²) in [6.07, 6.45) is 7.45. The first-order valence-electron chi connectivity index (χ1n) is 12.3. The summed E-state index contributed by atoms with van der Waals surface area (Å²) < 4.78 is 6.07. The summed E-state index contributed by atoms with van der Waals surface area (Å²) in [7, 11) is 2.15. The van der Waals surface area contributed by atoms with E-state index in [9.17, 15) is 4.79 Å². The number of nitrogens with one attached hydrogen (secondary N) is 2. The van der Waals surface area contributed by atoms with E-state index < -0.39 is 0 Å². The molecule has 0 spiro atoms. The number of aromatic nitrogens is 2. The van der Waals surface area contributed by atoms with Gasteiger partial charge >= 0.3 is 0 Å². The average molecular weight is 472 g/mol. The lowest BCUT2D eigenvalue weighted by Gasteiger charge is -2.34. The van der Waals surface area contributed by atoms with Gasteiger partial charge in [-0.15, -0.1) is 0 Å². The number of H-pyrrole nitrogens is 1. The number of nitrogens with zero attached hydrogens (tertiary/aromatic N) is 3. The van der Waals surface area contributed by atoms with Gasteiger partial charge in [0.05, 0.1) is 5.52 Å². The second kappa shape index (κ2) is 9.96. The molecule has 0 bridgehead atoms. The van der Waals surface area contributed by atoms with Gasteiger partial charge in [-0.25, -0.2) is 0 Å². The van der Waals surface area contributed by atoms with Crippen LogP contribution in [0.4, 0.5) is 11.5 Å². The van der Waals surface area contributed by atoms with Gasteiger partial charge in [-0.1, -0.05) is 25.2 Å². The van der Waals surface area contributed by atoms with Crippen LogP contribution in [0.5, 0.6) is 5.75 Å². The number of carbonyl (C=O) groups excluding carboxylic acids is 1. The minimum Gasteiger partial charge on any atom is -0.489 e. The number of likely N-dealkylation sites (N-methyl/N-ethyl adjacent to an activating group) is 1. The number of carbonyl (C=O) groups is 1. The van der Waals surface area contributed by atoms with Crippen molar-refractivity contribution >= 4 is 28.3 Å². The third-order valence-corrected chi connectivity index (χ3v) is 7.06. The summed E-state index contributed by atoms with van der Waals surface area (Å²) in [6.45, 7) is 8.84. The summed E-state index contributed by atoms with van der Waals surface area (Å²) in [4.78, 5) is 17.8. The van der Waals surface area contributed by atoms with E-state index in [1.807, 2.05) is 37.3 Å². The second-order valence-electron chi connectivity index (χ2n) is 9.62. The highest BCUT2D eigenvalue weighted by Crippen LogP contribution is 2.28. The molecule has 182 valence electrons. The minimum absolute atomic E-state index is 0.167. The predicted molar refractivity (Wildman–Crippen MR) is 141 cm³/mol. The average Bonchev–Trinajstić information content (AvgIpc) is 3.25. The highest BCUT2D eigenvalue weighted by molar-refractivity contribution is 6.08. The van der Waals surface area contributed by atoms with E-state index in [1.54, 1.807) is 0 Å². The molecule has 3 aromatic rings. The lowest BCUT2D eigenvalue weighted by atomic mass is 9.94. The van der Waals surface area contributed by atoms with Crippen LogP contribution in [0.15, 0.2) is 60.2 Å². The van der Waals surface area contributed by atoms with Crippen LogP contribution >= 0.6 is 0 Å². The van der Waals surface area contributed by atoms with Crippen LogP contribution in [-0.4, -0.2) is 60.8 Å². The molecule has 1 atom stereocenters. The molecule has 2 aromatic carbocycles. The number of fused-ring (bicyclic) bond motifs is 1. The molecule has 1 unspecified atom stereocenters. The van der Waals surface area contributed by atoms with Crippen LogP contribution < -0.4 is 15.0 Å². The topological polar surface area (TPSA) is 73.5 Å². The summed E-state index contributed by atoms with van der Waals surface area (Å²) in [6, 6.07) is 11.8. The van der Waals surface area contributed by atoms with Gasteiger partial charge < -0.3 is 19.9 Å². The lowest BCUT2D eigenvalue weighted by Crippen LogP contribution is -2.44. The van der Waals surface area contributed by atoms with Crippen molar-refractivity contribution in [2.75, 3.05) is 50.1 Å². The summed E-state index contributed by atoms with van der Waals surface area (Å²) >= 11 is 0. The second-order valence-corrected chi connectivity index (χ2v) is 9.62. The Morgan fingerprint density at radius 1 is 1.17 bits per heavy atom. The number of allylic oxidation sites excluding steroid dienone is 3. The van der Waals surface area contributed by atoms with Crippen molar-refractivity contribution < 1.29 is 9.53 Å². The maximum atomic E-state index is 13.1. The molecular weight excluding hydrogens is 438 g/mol. The Balaban J connectivity index is 1.29. The Labute approximate surface area is 206 Å². The summed E-state index contributed by atoms with van der Waals surface area (Å²) in [5, 5.41) is 11.2. The fraction of sp³-hybridized carbons (Fsp3) is 0.357. The maximum Gasteiger partial charge on any atom is 0.257 e. The molecule has 1 fully saturated rings. The molecule has 2 N–H and O–H groups in total. The number of aryl methyl sites for hydroxylation is 1. The first-order chi connectivity index (χ1) is 17.0. The van der Waals surface area contributed by atoms with Crippen LogP contribution in [0.1, 0.15) is 29.3 Å². The number of amides is 1. The largest absolute Gasteiger partial charge is 0.489 e. The first kappa shape index (κ1) is 23.2. The third kappa shape index (κ3) is 5.10. The van der Waals surface area contributed by atoms with Crippen molar-refractivity contribution in [2.24, 2.45) is 5.92 Å². The van der Waals surface area contributed by atoms with Crippen LogP contribution in [0.2, 0.25) is 0 Å². The molecule has 35 heavy (non-hydrogen) atoms. The highest BCUT2D eigenvalue weighted by Gasteiger charge is 2.18. The Morgan fingerprint density at radius 3 is 2.77 bits per heavy atom. The molecule has 1 aromatic heterocycles.